The van der Waals surface area contributed by atoms with Gasteiger partial charge in [0.1, 0.15) is 0 Å². The van der Waals surface area contributed by atoms with E-state index in [1.807, 2.05) is 0 Å². The van der Waals surface area contributed by atoms with E-state index in [1.54, 1.807) is 0 Å². The van der Waals surface area contributed by atoms with Crippen LogP contribution < -0.4 is 0 Å². The molecule has 7 heterocycles. The van der Waals surface area contributed by atoms with E-state index < -0.39 is 0 Å². The quantitative estimate of drug-likeness (QED) is 0.160. The fourth-order valence-corrected chi connectivity index (χ4v) is 10.3. The van der Waals surface area contributed by atoms with Gasteiger partial charge in [-0.3, -0.25) is 0 Å². The minimum atomic E-state index is 0.722. The number of aromatic nitrogens is 6. The third-order valence-corrected chi connectivity index (χ3v) is 13.3. The molecular weight excluding hydrogens is 829 g/mol. The molecular formula is C62H44N6. The maximum atomic E-state index is 5.90. The van der Waals surface area contributed by atoms with Gasteiger partial charge in [0.15, 0.2) is 0 Å². The Kier molecular flexibility index (Phi) is 9.53. The van der Waals surface area contributed by atoms with Crippen LogP contribution in [0.3, 0.4) is 0 Å². The Morgan fingerprint density at radius 2 is 0.721 bits per heavy atom. The lowest BCUT2D eigenvalue weighted by Crippen LogP contribution is -1.96. The van der Waals surface area contributed by atoms with Crippen LogP contribution in [0.25, 0.3) is 112 Å². The normalized spacial score (nSPS) is 11.9. The van der Waals surface area contributed by atoms with Crippen molar-refractivity contribution in [3.8, 4) is 67.0 Å². The lowest BCUT2D eigenvalue weighted by Gasteiger charge is -2.08. The third kappa shape index (κ3) is 6.90. The SMILES string of the molecule is C1=Cc2nc1c(-c1ccccc1)c1ccc([nH]1)c(-c1ccccc1)c1nc(c(-c3ccccc3)c3[nH]c(c2-c2ccccc2)c2cn(Cc4ccccc4)cc32)-c2cn(Cc3ccccc3)cc2-1. The van der Waals surface area contributed by atoms with Gasteiger partial charge in [-0.25, -0.2) is 9.97 Å². The first-order chi connectivity index (χ1) is 33.7. The average Bonchev–Trinajstić information content (AvgIpc) is 4.27. The van der Waals surface area contributed by atoms with E-state index in [0.717, 1.165) is 124 Å². The maximum Gasteiger partial charge on any atom is 0.0831 e. The second kappa shape index (κ2) is 16.5. The molecule has 0 radical (unpaired) electrons. The van der Waals surface area contributed by atoms with E-state index in [0.29, 0.717) is 0 Å². The number of nitrogens with zero attached hydrogens (tertiary/aromatic N) is 4. The van der Waals surface area contributed by atoms with Gasteiger partial charge in [-0.05, 0) is 57.7 Å². The number of hydrogen-bond acceptors (Lipinski definition) is 2. The van der Waals surface area contributed by atoms with Crippen molar-refractivity contribution in [2.75, 3.05) is 0 Å². The zero-order valence-electron chi connectivity index (χ0n) is 37.1. The molecule has 5 aromatic heterocycles. The van der Waals surface area contributed by atoms with Crippen LogP contribution in [-0.2, 0) is 13.1 Å². The van der Waals surface area contributed by atoms with Crippen molar-refractivity contribution < 1.29 is 0 Å². The van der Waals surface area contributed by atoms with Gasteiger partial charge < -0.3 is 19.1 Å². The van der Waals surface area contributed by atoms with Crippen LogP contribution in [0.1, 0.15) is 22.5 Å². The Morgan fingerprint density at radius 3 is 1.24 bits per heavy atom. The molecule has 2 aliphatic heterocycles. The summed E-state index contributed by atoms with van der Waals surface area (Å²) in [6.07, 6.45) is 13.6. The largest absolute Gasteiger partial charge is 0.354 e. The average molecular weight is 873 g/mol. The summed E-state index contributed by atoms with van der Waals surface area (Å²) in [6, 6.07) is 68.6. The summed E-state index contributed by atoms with van der Waals surface area (Å²) in [5.41, 5.74) is 20.6. The Bertz CT molecular complexity index is 3860. The summed E-state index contributed by atoms with van der Waals surface area (Å²) in [6.45, 7) is 1.45. The van der Waals surface area contributed by atoms with E-state index in [1.165, 1.54) is 11.1 Å². The highest BCUT2D eigenvalue weighted by atomic mass is 15.0. The Balaban J connectivity index is 1.25. The molecule has 2 aliphatic rings. The van der Waals surface area contributed by atoms with Crippen molar-refractivity contribution >= 4 is 45.0 Å². The highest BCUT2D eigenvalue weighted by Gasteiger charge is 2.28. The second-order valence-electron chi connectivity index (χ2n) is 17.6. The molecule has 0 atom stereocenters. The van der Waals surface area contributed by atoms with Gasteiger partial charge in [0, 0.05) is 93.1 Å². The highest BCUT2D eigenvalue weighted by Crippen LogP contribution is 2.49. The third-order valence-electron chi connectivity index (χ3n) is 13.3. The van der Waals surface area contributed by atoms with E-state index in [-0.39, 0.29) is 0 Å². The Morgan fingerprint density at radius 1 is 0.338 bits per heavy atom. The summed E-state index contributed by atoms with van der Waals surface area (Å²) >= 11 is 0. The summed E-state index contributed by atoms with van der Waals surface area (Å²) in [4.78, 5) is 19.6. The van der Waals surface area contributed by atoms with Gasteiger partial charge >= 0.3 is 0 Å². The smallest absolute Gasteiger partial charge is 0.0831 e. The number of hydrogen-bond donors (Lipinski definition) is 2. The molecule has 6 nitrogen and oxygen atoms in total. The zero-order valence-corrected chi connectivity index (χ0v) is 37.1. The number of aromatic amines is 2. The molecule has 0 unspecified atom stereocenters. The Hall–Kier alpha value is -9.00. The first-order valence-electron chi connectivity index (χ1n) is 23.2. The van der Waals surface area contributed by atoms with Crippen molar-refractivity contribution in [2.24, 2.45) is 0 Å². The van der Waals surface area contributed by atoms with Crippen LogP contribution in [0.15, 0.2) is 219 Å². The number of rotatable bonds is 8. The van der Waals surface area contributed by atoms with Crippen molar-refractivity contribution in [2.45, 2.75) is 13.1 Å². The lowest BCUT2D eigenvalue weighted by molar-refractivity contribution is 0.806. The summed E-state index contributed by atoms with van der Waals surface area (Å²) in [7, 11) is 0. The number of fused-ring (bicyclic) bond motifs is 14. The van der Waals surface area contributed by atoms with Crippen LogP contribution >= 0.6 is 0 Å². The van der Waals surface area contributed by atoms with Crippen LogP contribution in [0, 0.1) is 0 Å². The predicted octanol–water partition coefficient (Wildman–Crippen LogP) is 15.3. The van der Waals surface area contributed by atoms with E-state index in [2.05, 4.69) is 250 Å². The lowest BCUT2D eigenvalue weighted by atomic mass is 9.97. The van der Waals surface area contributed by atoms with E-state index in [9.17, 15) is 0 Å². The molecule has 0 fully saturated rings. The fraction of sp³-hybridized carbons (Fsp3) is 0.0323. The number of H-pyrrole nitrogens is 2. The number of nitrogens with one attached hydrogen (secondary N) is 2. The van der Waals surface area contributed by atoms with E-state index >= 15 is 0 Å². The topological polar surface area (TPSA) is 67.2 Å². The monoisotopic (exact) mass is 872 g/mol. The molecule has 322 valence electrons. The van der Waals surface area contributed by atoms with Gasteiger partial charge in [-0.1, -0.05) is 182 Å². The van der Waals surface area contributed by atoms with Gasteiger partial charge in [0.25, 0.3) is 0 Å². The van der Waals surface area contributed by atoms with Crippen molar-refractivity contribution in [1.82, 2.24) is 29.1 Å². The minimum Gasteiger partial charge on any atom is -0.354 e. The van der Waals surface area contributed by atoms with Crippen LogP contribution in [0.5, 0.6) is 0 Å². The molecule has 13 rings (SSSR count). The first-order valence-corrected chi connectivity index (χ1v) is 23.2. The van der Waals surface area contributed by atoms with Gasteiger partial charge in [-0.15, -0.1) is 0 Å². The standard InChI is InChI=1S/C62H44N6/c1-7-19-41(20-8-1)35-67-37-47-49(39-67)61-58(46-29-17-6-18-30-46)62-50-40-68(36-42-21-9-2-10-22-42)38-48(50)60(66-62)57(45-27-15-5-16-28-45)54-34-32-52(64-54)55(43-23-11-3-12-24-43)51-31-33-53(63-51)56(59(47)65-61)44-25-13-4-14-26-44/h1-34,37-40,63,66H,35-36H2. The molecule has 6 aromatic carbocycles. The summed E-state index contributed by atoms with van der Waals surface area (Å²) in [5.74, 6) is 0. The molecule has 0 saturated heterocycles. The summed E-state index contributed by atoms with van der Waals surface area (Å²) < 4.78 is 4.65. The Labute approximate surface area is 393 Å². The maximum absolute atomic E-state index is 5.90. The molecule has 0 saturated carbocycles. The predicted molar refractivity (Wildman–Crippen MR) is 281 cm³/mol. The highest BCUT2D eigenvalue weighted by molar-refractivity contribution is 6.18. The van der Waals surface area contributed by atoms with Crippen LogP contribution in [-0.4, -0.2) is 29.1 Å². The summed E-state index contributed by atoms with van der Waals surface area (Å²) in [5, 5.41) is 2.22. The molecule has 6 heteroatoms. The molecule has 8 bridgehead atoms. The minimum absolute atomic E-state index is 0.722. The zero-order chi connectivity index (χ0) is 45.0. The molecule has 2 N–H and O–H groups in total. The molecule has 0 aliphatic carbocycles. The van der Waals surface area contributed by atoms with Crippen molar-refractivity contribution in [3.05, 3.63) is 241 Å². The number of benzene rings is 6. The van der Waals surface area contributed by atoms with E-state index in [4.69, 9.17) is 9.97 Å². The van der Waals surface area contributed by atoms with Crippen LogP contribution in [0.4, 0.5) is 0 Å². The second-order valence-corrected chi connectivity index (χ2v) is 17.6. The molecule has 0 amide bonds. The van der Waals surface area contributed by atoms with Gasteiger partial charge in [-0.2, -0.15) is 0 Å². The van der Waals surface area contributed by atoms with Crippen molar-refractivity contribution in [1.29, 1.82) is 0 Å². The van der Waals surface area contributed by atoms with Crippen LogP contribution in [0.2, 0.25) is 0 Å². The molecule has 0 spiro atoms. The fourth-order valence-electron chi connectivity index (χ4n) is 10.3. The first kappa shape index (κ1) is 39.4. The van der Waals surface area contributed by atoms with Gasteiger partial charge in [0.05, 0.1) is 33.8 Å². The molecule has 11 aromatic rings. The van der Waals surface area contributed by atoms with Gasteiger partial charge in [0.2, 0.25) is 0 Å². The molecule has 68 heavy (non-hydrogen) atoms. The van der Waals surface area contributed by atoms with Crippen molar-refractivity contribution in [3.63, 3.8) is 0 Å².